The summed E-state index contributed by atoms with van der Waals surface area (Å²) in [4.78, 5) is 16.2. The van der Waals surface area contributed by atoms with Gasteiger partial charge in [-0.05, 0) is 25.8 Å². The fourth-order valence-corrected chi connectivity index (χ4v) is 2.55. The van der Waals surface area contributed by atoms with Gasteiger partial charge in [-0.2, -0.15) is 5.10 Å². The van der Waals surface area contributed by atoms with Crippen molar-refractivity contribution in [3.8, 4) is 11.4 Å². The molecule has 0 amide bonds. The van der Waals surface area contributed by atoms with E-state index in [9.17, 15) is 4.79 Å². The molecule has 1 unspecified atom stereocenters. The van der Waals surface area contributed by atoms with Crippen molar-refractivity contribution in [1.29, 1.82) is 0 Å². The highest BCUT2D eigenvalue weighted by Crippen LogP contribution is 2.23. The maximum atomic E-state index is 11.7. The highest BCUT2D eigenvalue weighted by Gasteiger charge is 2.09. The molecule has 1 atom stereocenters. The van der Waals surface area contributed by atoms with Gasteiger partial charge >= 0.3 is 0 Å². The van der Waals surface area contributed by atoms with E-state index in [2.05, 4.69) is 29.2 Å². The first-order valence-electron chi connectivity index (χ1n) is 6.94. The molecule has 0 radical (unpaired) electrons. The lowest BCUT2D eigenvalue weighted by atomic mass is 10.3. The van der Waals surface area contributed by atoms with Crippen LogP contribution in [0.15, 0.2) is 22.3 Å². The van der Waals surface area contributed by atoms with E-state index in [-0.39, 0.29) is 5.56 Å². The van der Waals surface area contributed by atoms with Crippen molar-refractivity contribution in [1.82, 2.24) is 14.8 Å². The first-order chi connectivity index (χ1) is 9.63. The molecule has 1 N–H and O–H groups in total. The molecule has 5 nitrogen and oxygen atoms in total. The Kier molecular flexibility index (Phi) is 4.89. The molecule has 108 valence electrons. The van der Waals surface area contributed by atoms with Gasteiger partial charge in [-0.15, -0.1) is 11.3 Å². The topological polar surface area (TPSA) is 59.8 Å². The molecule has 2 rings (SSSR count). The Bertz CT molecular complexity index is 620. The van der Waals surface area contributed by atoms with Crippen LogP contribution < -0.4 is 10.9 Å². The molecule has 0 spiro atoms. The summed E-state index contributed by atoms with van der Waals surface area (Å²) in [6.07, 6.45) is 1.93. The van der Waals surface area contributed by atoms with Crippen molar-refractivity contribution in [3.05, 3.63) is 27.9 Å². The van der Waals surface area contributed by atoms with Crippen LogP contribution >= 0.6 is 11.3 Å². The van der Waals surface area contributed by atoms with Gasteiger partial charge in [0.2, 0.25) is 0 Å². The van der Waals surface area contributed by atoms with Gasteiger partial charge in [-0.1, -0.05) is 13.8 Å². The van der Waals surface area contributed by atoms with Crippen LogP contribution in [0, 0.1) is 0 Å². The summed E-state index contributed by atoms with van der Waals surface area (Å²) in [6.45, 7) is 6.92. The van der Waals surface area contributed by atoms with Crippen LogP contribution in [-0.2, 0) is 6.54 Å². The normalized spacial score (nSPS) is 12.3. The highest BCUT2D eigenvalue weighted by molar-refractivity contribution is 7.14. The zero-order chi connectivity index (χ0) is 14.5. The molecule has 0 aromatic carbocycles. The Morgan fingerprint density at radius 2 is 2.15 bits per heavy atom. The van der Waals surface area contributed by atoms with E-state index in [0.717, 1.165) is 29.4 Å². The van der Waals surface area contributed by atoms with Crippen molar-refractivity contribution in [2.75, 3.05) is 5.32 Å². The number of aromatic nitrogens is 3. The number of rotatable bonds is 6. The number of nitrogens with zero attached hydrogens (tertiary/aromatic N) is 3. The van der Waals surface area contributed by atoms with Crippen LogP contribution in [0.25, 0.3) is 11.4 Å². The molecule has 2 aromatic rings. The lowest BCUT2D eigenvalue weighted by Crippen LogP contribution is -2.22. The van der Waals surface area contributed by atoms with Gasteiger partial charge in [0.05, 0.1) is 0 Å². The molecule has 2 aromatic heterocycles. The number of aryl methyl sites for hydroxylation is 1. The third-order valence-corrected chi connectivity index (χ3v) is 3.82. The molecule has 0 saturated heterocycles. The lowest BCUT2D eigenvalue weighted by molar-refractivity contribution is 0.570. The van der Waals surface area contributed by atoms with Gasteiger partial charge in [0.1, 0.15) is 11.4 Å². The second-order valence-electron chi connectivity index (χ2n) is 4.77. The van der Waals surface area contributed by atoms with Crippen molar-refractivity contribution < 1.29 is 0 Å². The standard InChI is InChI=1S/C14H20N4OS/c1-4-8-18-13(19)7-6-11(17-18)12-9-20-14(16-12)15-10(3)5-2/h6-7,9-10H,4-5,8H2,1-3H3,(H,15,16). The SMILES string of the molecule is CCCn1nc(-c2csc(NC(C)CC)n2)ccc1=O. The summed E-state index contributed by atoms with van der Waals surface area (Å²) < 4.78 is 1.50. The minimum Gasteiger partial charge on any atom is -0.359 e. The maximum absolute atomic E-state index is 11.7. The molecule has 0 fully saturated rings. The van der Waals surface area contributed by atoms with E-state index in [0.29, 0.717) is 12.6 Å². The van der Waals surface area contributed by atoms with Gasteiger partial charge in [-0.25, -0.2) is 9.67 Å². The molecule has 0 aliphatic carbocycles. The first kappa shape index (κ1) is 14.7. The highest BCUT2D eigenvalue weighted by atomic mass is 32.1. The van der Waals surface area contributed by atoms with Crippen LogP contribution in [0.2, 0.25) is 0 Å². The smallest absolute Gasteiger partial charge is 0.266 e. The van der Waals surface area contributed by atoms with E-state index in [1.54, 1.807) is 23.5 Å². The summed E-state index contributed by atoms with van der Waals surface area (Å²) in [5, 5.41) is 10.6. The number of thiazole rings is 1. The predicted molar refractivity (Wildman–Crippen MR) is 83.3 cm³/mol. The molecule has 6 heteroatoms. The quantitative estimate of drug-likeness (QED) is 0.889. The van der Waals surface area contributed by atoms with Crippen molar-refractivity contribution in [2.24, 2.45) is 0 Å². The molecular weight excluding hydrogens is 272 g/mol. The average Bonchev–Trinajstić information content (AvgIpc) is 2.90. The van der Waals surface area contributed by atoms with Gasteiger partial charge in [0.15, 0.2) is 5.13 Å². The van der Waals surface area contributed by atoms with Gasteiger partial charge in [0.25, 0.3) is 5.56 Å². The Balaban J connectivity index is 2.23. The Hall–Kier alpha value is -1.69. The predicted octanol–water partition coefficient (Wildman–Crippen LogP) is 2.99. The van der Waals surface area contributed by atoms with Crippen molar-refractivity contribution in [3.63, 3.8) is 0 Å². The van der Waals surface area contributed by atoms with Crippen LogP contribution in [0.3, 0.4) is 0 Å². The van der Waals surface area contributed by atoms with E-state index in [1.807, 2.05) is 12.3 Å². The molecule has 20 heavy (non-hydrogen) atoms. The van der Waals surface area contributed by atoms with Crippen molar-refractivity contribution >= 4 is 16.5 Å². The van der Waals surface area contributed by atoms with Crippen LogP contribution in [0.4, 0.5) is 5.13 Å². The van der Waals surface area contributed by atoms with Crippen LogP contribution in [0.5, 0.6) is 0 Å². The fraction of sp³-hybridized carbons (Fsp3) is 0.500. The average molecular weight is 292 g/mol. The zero-order valence-electron chi connectivity index (χ0n) is 12.1. The van der Waals surface area contributed by atoms with E-state index >= 15 is 0 Å². The van der Waals surface area contributed by atoms with Gasteiger partial charge in [-0.3, -0.25) is 4.79 Å². The number of nitrogens with one attached hydrogen (secondary N) is 1. The maximum Gasteiger partial charge on any atom is 0.266 e. The Labute approximate surface area is 122 Å². The van der Waals surface area contributed by atoms with Crippen molar-refractivity contribution in [2.45, 2.75) is 46.2 Å². The molecule has 2 heterocycles. The number of hydrogen-bond acceptors (Lipinski definition) is 5. The zero-order valence-corrected chi connectivity index (χ0v) is 12.9. The molecule has 0 saturated carbocycles. The third-order valence-electron chi connectivity index (χ3n) is 3.05. The molecule has 0 bridgehead atoms. The summed E-state index contributed by atoms with van der Waals surface area (Å²) in [7, 11) is 0. The second-order valence-corrected chi connectivity index (χ2v) is 5.63. The fourth-order valence-electron chi connectivity index (χ4n) is 1.73. The minimum absolute atomic E-state index is 0.0659. The third kappa shape index (κ3) is 3.45. The summed E-state index contributed by atoms with van der Waals surface area (Å²) in [5.74, 6) is 0. The number of hydrogen-bond donors (Lipinski definition) is 1. The lowest BCUT2D eigenvalue weighted by Gasteiger charge is -2.08. The first-order valence-corrected chi connectivity index (χ1v) is 7.82. The summed E-state index contributed by atoms with van der Waals surface area (Å²) in [5.41, 5.74) is 1.49. The Morgan fingerprint density at radius 3 is 2.85 bits per heavy atom. The van der Waals surface area contributed by atoms with Gasteiger partial charge < -0.3 is 5.32 Å². The monoisotopic (exact) mass is 292 g/mol. The molecule has 0 aliphatic rings. The van der Waals surface area contributed by atoms with E-state index in [1.165, 1.54) is 4.68 Å². The summed E-state index contributed by atoms with van der Waals surface area (Å²) in [6, 6.07) is 3.69. The molecule has 0 aliphatic heterocycles. The summed E-state index contributed by atoms with van der Waals surface area (Å²) >= 11 is 1.56. The molecular formula is C14H20N4OS. The number of anilines is 1. The van der Waals surface area contributed by atoms with Crippen LogP contribution in [-0.4, -0.2) is 20.8 Å². The second kappa shape index (κ2) is 6.65. The Morgan fingerprint density at radius 1 is 1.35 bits per heavy atom. The minimum atomic E-state index is -0.0659. The van der Waals surface area contributed by atoms with Crippen LogP contribution in [0.1, 0.15) is 33.6 Å². The van der Waals surface area contributed by atoms with Gasteiger partial charge in [0, 0.05) is 24.0 Å². The van der Waals surface area contributed by atoms with E-state index in [4.69, 9.17) is 0 Å². The van der Waals surface area contributed by atoms with E-state index < -0.39 is 0 Å². The largest absolute Gasteiger partial charge is 0.359 e.